The van der Waals surface area contributed by atoms with Crippen LogP contribution in [0.15, 0.2) is 70.2 Å². The third-order valence-corrected chi connectivity index (χ3v) is 5.15. The zero-order chi connectivity index (χ0) is 20.8. The van der Waals surface area contributed by atoms with Crippen molar-refractivity contribution in [3.63, 3.8) is 0 Å². The van der Waals surface area contributed by atoms with E-state index in [9.17, 15) is 4.79 Å². The lowest BCUT2D eigenvalue weighted by Crippen LogP contribution is -2.18. The van der Waals surface area contributed by atoms with Gasteiger partial charge in [0.05, 0.1) is 16.3 Å². The van der Waals surface area contributed by atoms with Crippen LogP contribution in [0.4, 0.5) is 5.69 Å². The second kappa shape index (κ2) is 9.78. The van der Waals surface area contributed by atoms with Crippen molar-refractivity contribution in [3.8, 4) is 5.75 Å². The van der Waals surface area contributed by atoms with Crippen molar-refractivity contribution in [1.82, 2.24) is 5.43 Å². The van der Waals surface area contributed by atoms with Crippen LogP contribution in [0.3, 0.4) is 0 Å². The highest BCUT2D eigenvalue weighted by molar-refractivity contribution is 9.10. The fraction of sp³-hybridized carbons (Fsp3) is 0.0476. The largest absolute Gasteiger partial charge is 0.488 e. The van der Waals surface area contributed by atoms with E-state index in [0.29, 0.717) is 33.7 Å². The van der Waals surface area contributed by atoms with E-state index in [4.69, 9.17) is 33.7 Å². The highest BCUT2D eigenvalue weighted by atomic mass is 79.9. The minimum Gasteiger partial charge on any atom is -0.488 e. The van der Waals surface area contributed by atoms with E-state index in [-0.39, 0.29) is 5.91 Å². The minimum atomic E-state index is -0.377. The Bertz CT molecular complexity index is 1070. The molecule has 8 heteroatoms. The molecular weight excluding hydrogens is 477 g/mol. The maximum atomic E-state index is 12.1. The molecule has 0 saturated heterocycles. The zero-order valence-corrected chi connectivity index (χ0v) is 18.1. The Hall–Kier alpha value is -2.54. The number of nitrogens with zero attached hydrogens (tertiary/aromatic N) is 1. The third-order valence-electron chi connectivity index (χ3n) is 3.94. The molecule has 0 spiro atoms. The smallest absolute Gasteiger partial charge is 0.273 e. The van der Waals surface area contributed by atoms with Gasteiger partial charge < -0.3 is 10.5 Å². The molecule has 3 rings (SSSR count). The average Bonchev–Trinajstić information content (AvgIpc) is 2.69. The van der Waals surface area contributed by atoms with Gasteiger partial charge in [-0.15, -0.1) is 0 Å². The van der Waals surface area contributed by atoms with E-state index in [1.165, 1.54) is 6.21 Å². The molecule has 3 aromatic rings. The van der Waals surface area contributed by atoms with E-state index in [0.717, 1.165) is 15.6 Å². The summed E-state index contributed by atoms with van der Waals surface area (Å²) in [6, 6.07) is 17.5. The molecule has 3 aromatic carbocycles. The van der Waals surface area contributed by atoms with Crippen molar-refractivity contribution in [2.75, 3.05) is 5.73 Å². The van der Waals surface area contributed by atoms with E-state index in [2.05, 4.69) is 26.5 Å². The lowest BCUT2D eigenvalue weighted by atomic mass is 10.2. The van der Waals surface area contributed by atoms with Crippen LogP contribution >= 0.6 is 39.1 Å². The summed E-state index contributed by atoms with van der Waals surface area (Å²) in [5.41, 5.74) is 10.6. The first-order valence-electron chi connectivity index (χ1n) is 8.48. The Kier molecular flexibility index (Phi) is 7.14. The number of carbonyl (C=O) groups excluding carboxylic acids is 1. The van der Waals surface area contributed by atoms with Gasteiger partial charge in [-0.1, -0.05) is 41.4 Å². The maximum absolute atomic E-state index is 12.1. The number of hydrogen-bond acceptors (Lipinski definition) is 4. The van der Waals surface area contributed by atoms with Gasteiger partial charge in [-0.3, -0.25) is 4.79 Å². The number of rotatable bonds is 6. The van der Waals surface area contributed by atoms with Gasteiger partial charge in [0.25, 0.3) is 5.91 Å². The topological polar surface area (TPSA) is 76.7 Å². The molecule has 0 aliphatic rings. The van der Waals surface area contributed by atoms with E-state index < -0.39 is 0 Å². The molecule has 0 atom stereocenters. The molecule has 0 unspecified atom stereocenters. The molecule has 5 nitrogen and oxygen atoms in total. The van der Waals surface area contributed by atoms with Crippen molar-refractivity contribution in [2.24, 2.45) is 5.10 Å². The number of para-hydroxylation sites is 1. The Morgan fingerprint density at radius 2 is 1.93 bits per heavy atom. The van der Waals surface area contributed by atoms with Gasteiger partial charge in [-0.05, 0) is 64.0 Å². The molecule has 0 radical (unpaired) electrons. The molecule has 0 aliphatic heterocycles. The van der Waals surface area contributed by atoms with Crippen LogP contribution in [0.2, 0.25) is 10.0 Å². The Morgan fingerprint density at radius 1 is 1.14 bits per heavy atom. The fourth-order valence-corrected chi connectivity index (χ4v) is 3.41. The number of carbonyl (C=O) groups is 1. The molecular formula is C21H16BrCl2N3O2. The molecule has 0 heterocycles. The van der Waals surface area contributed by atoms with Crippen molar-refractivity contribution in [3.05, 3.63) is 91.9 Å². The first-order chi connectivity index (χ1) is 13.9. The van der Waals surface area contributed by atoms with Crippen molar-refractivity contribution >= 4 is 56.9 Å². The predicted octanol–water partition coefficient (Wildman–Crippen LogP) is 5.68. The van der Waals surface area contributed by atoms with Crippen LogP contribution in [0.25, 0.3) is 0 Å². The van der Waals surface area contributed by atoms with E-state index in [1.54, 1.807) is 42.5 Å². The number of nitrogens with one attached hydrogen (secondary N) is 1. The number of hydrogen-bond donors (Lipinski definition) is 2. The molecule has 0 aliphatic carbocycles. The third kappa shape index (κ3) is 5.73. The van der Waals surface area contributed by atoms with Crippen LogP contribution in [-0.2, 0) is 6.61 Å². The highest BCUT2D eigenvalue weighted by Gasteiger charge is 2.08. The molecule has 148 valence electrons. The number of halogens is 3. The molecule has 29 heavy (non-hydrogen) atoms. The molecule has 0 aromatic heterocycles. The van der Waals surface area contributed by atoms with Crippen LogP contribution in [0.5, 0.6) is 5.75 Å². The van der Waals surface area contributed by atoms with Crippen molar-refractivity contribution in [2.45, 2.75) is 6.61 Å². The molecule has 0 saturated carbocycles. The summed E-state index contributed by atoms with van der Waals surface area (Å²) in [6.07, 6.45) is 1.53. The zero-order valence-electron chi connectivity index (χ0n) is 15.0. The normalized spacial score (nSPS) is 10.9. The quantitative estimate of drug-likeness (QED) is 0.264. The summed E-state index contributed by atoms with van der Waals surface area (Å²) in [4.78, 5) is 12.1. The first kappa shape index (κ1) is 21.2. The van der Waals surface area contributed by atoms with E-state index in [1.807, 2.05) is 18.2 Å². The second-order valence-electron chi connectivity index (χ2n) is 6.00. The Morgan fingerprint density at radius 3 is 2.66 bits per heavy atom. The van der Waals surface area contributed by atoms with Gasteiger partial charge in [-0.2, -0.15) is 5.10 Å². The second-order valence-corrected chi connectivity index (χ2v) is 7.70. The van der Waals surface area contributed by atoms with Gasteiger partial charge in [0.2, 0.25) is 0 Å². The SMILES string of the molecule is Nc1ccccc1C(=O)N/N=C\c1ccc(OCc2ccc(Cl)cc2Cl)c(Br)c1. The van der Waals surface area contributed by atoms with Crippen LogP contribution in [-0.4, -0.2) is 12.1 Å². The lowest BCUT2D eigenvalue weighted by Gasteiger charge is -2.10. The number of benzene rings is 3. The number of anilines is 1. The first-order valence-corrected chi connectivity index (χ1v) is 10.0. The van der Waals surface area contributed by atoms with Gasteiger partial charge >= 0.3 is 0 Å². The molecule has 3 N–H and O–H groups in total. The van der Waals surface area contributed by atoms with E-state index >= 15 is 0 Å². The van der Waals surface area contributed by atoms with Gasteiger partial charge in [0, 0.05) is 21.3 Å². The van der Waals surface area contributed by atoms with Gasteiger partial charge in [-0.25, -0.2) is 5.43 Å². The monoisotopic (exact) mass is 491 g/mol. The summed E-state index contributed by atoms with van der Waals surface area (Å²) in [7, 11) is 0. The summed E-state index contributed by atoms with van der Waals surface area (Å²) >= 11 is 15.5. The fourth-order valence-electron chi connectivity index (χ4n) is 2.44. The van der Waals surface area contributed by atoms with Crippen LogP contribution in [0.1, 0.15) is 21.5 Å². The summed E-state index contributed by atoms with van der Waals surface area (Å²) < 4.78 is 6.55. The molecule has 0 fully saturated rings. The summed E-state index contributed by atoms with van der Waals surface area (Å²) in [5, 5.41) is 5.09. The molecule has 0 bridgehead atoms. The predicted molar refractivity (Wildman–Crippen MR) is 121 cm³/mol. The Balaban J connectivity index is 1.61. The minimum absolute atomic E-state index is 0.302. The van der Waals surface area contributed by atoms with Gasteiger partial charge in [0.15, 0.2) is 0 Å². The molecule has 1 amide bonds. The highest BCUT2D eigenvalue weighted by Crippen LogP contribution is 2.28. The van der Waals surface area contributed by atoms with Crippen molar-refractivity contribution in [1.29, 1.82) is 0 Å². The summed E-state index contributed by atoms with van der Waals surface area (Å²) in [5.74, 6) is 0.271. The standard InChI is InChI=1S/C21H16BrCl2N3O2/c22-17-9-13(11-26-27-21(28)16-3-1-2-4-19(16)25)5-8-20(17)29-12-14-6-7-15(23)10-18(14)24/h1-11H,12,25H2,(H,27,28)/b26-11-. The average molecular weight is 493 g/mol. The van der Waals surface area contributed by atoms with Crippen LogP contribution < -0.4 is 15.9 Å². The van der Waals surface area contributed by atoms with Crippen LogP contribution in [0, 0.1) is 0 Å². The lowest BCUT2D eigenvalue weighted by molar-refractivity contribution is 0.0956. The number of hydrazone groups is 1. The maximum Gasteiger partial charge on any atom is 0.273 e. The van der Waals surface area contributed by atoms with Crippen molar-refractivity contribution < 1.29 is 9.53 Å². The van der Waals surface area contributed by atoms with Gasteiger partial charge in [0.1, 0.15) is 12.4 Å². The number of nitrogen functional groups attached to an aromatic ring is 1. The summed E-state index contributed by atoms with van der Waals surface area (Å²) in [6.45, 7) is 0.302. The number of nitrogens with two attached hydrogens (primary N) is 1. The number of ether oxygens (including phenoxy) is 1. The number of amides is 1. The Labute approximate surface area is 186 Å².